The predicted molar refractivity (Wildman–Crippen MR) is 106 cm³/mol. The number of H-pyrrole nitrogens is 1. The summed E-state index contributed by atoms with van der Waals surface area (Å²) in [5, 5.41) is 3.19. The highest BCUT2D eigenvalue weighted by Gasteiger charge is 2.44. The van der Waals surface area contributed by atoms with Gasteiger partial charge in [-0.05, 0) is 43.9 Å². The maximum atomic E-state index is 13.3. The third-order valence-corrected chi connectivity index (χ3v) is 6.36. The van der Waals surface area contributed by atoms with Gasteiger partial charge in [0.05, 0.1) is 30.8 Å². The maximum Gasteiger partial charge on any atom is 0.240 e. The lowest BCUT2D eigenvalue weighted by Crippen LogP contribution is -2.62. The molecule has 0 radical (unpaired) electrons. The van der Waals surface area contributed by atoms with Crippen LogP contribution in [0.5, 0.6) is 0 Å². The van der Waals surface area contributed by atoms with Crippen LogP contribution in [-0.2, 0) is 16.1 Å². The van der Waals surface area contributed by atoms with Crippen LogP contribution in [0, 0.1) is 13.8 Å². The smallest absolute Gasteiger partial charge is 0.240 e. The SMILES string of the molecule is Cc1ccc2[nH]c(CNC(=O)C3(N4CCOCC4)CCCCC3)nc2c1C. The number of nitrogens with zero attached hydrogens (tertiary/aromatic N) is 2. The molecule has 0 bridgehead atoms. The monoisotopic (exact) mass is 370 g/mol. The fraction of sp³-hybridized carbons (Fsp3) is 0.619. The number of amides is 1. The van der Waals surface area contributed by atoms with Crippen LogP contribution >= 0.6 is 0 Å². The fourth-order valence-electron chi connectivity index (χ4n) is 4.59. The molecule has 2 aromatic rings. The number of imidazole rings is 1. The molecular weight excluding hydrogens is 340 g/mol. The number of carbonyl (C=O) groups is 1. The molecule has 1 aliphatic heterocycles. The Hall–Kier alpha value is -1.92. The lowest BCUT2D eigenvalue weighted by Gasteiger charge is -2.46. The van der Waals surface area contributed by atoms with Gasteiger partial charge < -0.3 is 15.0 Å². The molecule has 2 aliphatic rings. The molecule has 6 heteroatoms. The molecular formula is C21H30N4O2. The summed E-state index contributed by atoms with van der Waals surface area (Å²) in [4.78, 5) is 23.7. The summed E-state index contributed by atoms with van der Waals surface area (Å²) in [7, 11) is 0. The minimum Gasteiger partial charge on any atom is -0.379 e. The Morgan fingerprint density at radius 3 is 2.70 bits per heavy atom. The normalized spacial score (nSPS) is 20.7. The number of nitrogens with one attached hydrogen (secondary N) is 2. The summed E-state index contributed by atoms with van der Waals surface area (Å²) in [5.74, 6) is 0.970. The number of morpholine rings is 1. The zero-order chi connectivity index (χ0) is 18.9. The van der Waals surface area contributed by atoms with Crippen molar-refractivity contribution in [2.45, 2.75) is 58.0 Å². The van der Waals surface area contributed by atoms with E-state index in [-0.39, 0.29) is 11.4 Å². The number of aromatic amines is 1. The van der Waals surface area contributed by atoms with Crippen molar-refractivity contribution in [1.29, 1.82) is 0 Å². The predicted octanol–water partition coefficient (Wildman–Crippen LogP) is 2.83. The van der Waals surface area contributed by atoms with Crippen LogP contribution in [0.1, 0.15) is 49.1 Å². The van der Waals surface area contributed by atoms with Crippen molar-refractivity contribution in [2.24, 2.45) is 0 Å². The van der Waals surface area contributed by atoms with E-state index in [0.29, 0.717) is 6.54 Å². The van der Waals surface area contributed by atoms with Crippen LogP contribution in [0.2, 0.25) is 0 Å². The van der Waals surface area contributed by atoms with Gasteiger partial charge in [0.25, 0.3) is 0 Å². The third-order valence-electron chi connectivity index (χ3n) is 6.36. The molecule has 1 saturated heterocycles. The number of carbonyl (C=O) groups excluding carboxylic acids is 1. The third kappa shape index (κ3) is 3.48. The van der Waals surface area contributed by atoms with Crippen molar-refractivity contribution < 1.29 is 9.53 Å². The van der Waals surface area contributed by atoms with Crippen molar-refractivity contribution in [3.8, 4) is 0 Å². The van der Waals surface area contributed by atoms with Gasteiger partial charge in [0, 0.05) is 13.1 Å². The van der Waals surface area contributed by atoms with E-state index in [0.717, 1.165) is 68.8 Å². The van der Waals surface area contributed by atoms with Gasteiger partial charge in [0.15, 0.2) is 0 Å². The van der Waals surface area contributed by atoms with Gasteiger partial charge in [0.2, 0.25) is 5.91 Å². The molecule has 0 atom stereocenters. The molecule has 1 aliphatic carbocycles. The Morgan fingerprint density at radius 1 is 1.22 bits per heavy atom. The van der Waals surface area contributed by atoms with Crippen LogP contribution in [0.25, 0.3) is 11.0 Å². The maximum absolute atomic E-state index is 13.3. The first-order chi connectivity index (χ1) is 13.1. The van der Waals surface area contributed by atoms with E-state index in [1.807, 2.05) is 0 Å². The van der Waals surface area contributed by atoms with Crippen LogP contribution in [0.4, 0.5) is 0 Å². The van der Waals surface area contributed by atoms with Crippen LogP contribution < -0.4 is 5.32 Å². The first-order valence-corrected chi connectivity index (χ1v) is 10.2. The van der Waals surface area contributed by atoms with E-state index in [2.05, 4.69) is 41.2 Å². The molecule has 0 unspecified atom stereocenters. The number of hydrogen-bond donors (Lipinski definition) is 2. The summed E-state index contributed by atoms with van der Waals surface area (Å²) in [6.45, 7) is 7.76. The fourth-order valence-corrected chi connectivity index (χ4v) is 4.59. The number of fused-ring (bicyclic) bond motifs is 1. The largest absolute Gasteiger partial charge is 0.379 e. The highest BCUT2D eigenvalue weighted by molar-refractivity contribution is 5.86. The molecule has 1 saturated carbocycles. The van der Waals surface area contributed by atoms with E-state index < -0.39 is 0 Å². The minimum atomic E-state index is -0.374. The van der Waals surface area contributed by atoms with Gasteiger partial charge in [0.1, 0.15) is 11.4 Å². The molecule has 146 valence electrons. The lowest BCUT2D eigenvalue weighted by atomic mass is 9.79. The molecule has 6 nitrogen and oxygen atoms in total. The van der Waals surface area contributed by atoms with Crippen molar-refractivity contribution >= 4 is 16.9 Å². The summed E-state index contributed by atoms with van der Waals surface area (Å²) >= 11 is 0. The molecule has 2 N–H and O–H groups in total. The van der Waals surface area contributed by atoms with Gasteiger partial charge in [-0.25, -0.2) is 4.98 Å². The van der Waals surface area contributed by atoms with Crippen molar-refractivity contribution in [2.75, 3.05) is 26.3 Å². The number of aromatic nitrogens is 2. The van der Waals surface area contributed by atoms with Crippen LogP contribution in [0.3, 0.4) is 0 Å². The van der Waals surface area contributed by atoms with Gasteiger partial charge in [-0.15, -0.1) is 0 Å². The lowest BCUT2D eigenvalue weighted by molar-refractivity contribution is -0.140. The second kappa shape index (κ2) is 7.60. The van der Waals surface area contributed by atoms with Crippen molar-refractivity contribution in [3.05, 3.63) is 29.1 Å². The van der Waals surface area contributed by atoms with Crippen molar-refractivity contribution in [3.63, 3.8) is 0 Å². The zero-order valence-corrected chi connectivity index (χ0v) is 16.4. The molecule has 1 aromatic heterocycles. The molecule has 1 aromatic carbocycles. The Bertz CT molecular complexity index is 817. The van der Waals surface area contributed by atoms with Gasteiger partial charge in [-0.3, -0.25) is 9.69 Å². The van der Waals surface area contributed by atoms with E-state index >= 15 is 0 Å². The van der Waals surface area contributed by atoms with E-state index in [1.54, 1.807) is 0 Å². The summed E-state index contributed by atoms with van der Waals surface area (Å²) in [6.07, 6.45) is 5.35. The average molecular weight is 370 g/mol. The Labute approximate surface area is 160 Å². The zero-order valence-electron chi connectivity index (χ0n) is 16.4. The minimum absolute atomic E-state index is 0.150. The Morgan fingerprint density at radius 2 is 1.96 bits per heavy atom. The quantitative estimate of drug-likeness (QED) is 0.868. The summed E-state index contributed by atoms with van der Waals surface area (Å²) in [6, 6.07) is 4.17. The highest BCUT2D eigenvalue weighted by Crippen LogP contribution is 2.34. The van der Waals surface area contributed by atoms with Gasteiger partial charge >= 0.3 is 0 Å². The van der Waals surface area contributed by atoms with E-state index in [4.69, 9.17) is 9.72 Å². The molecule has 2 fully saturated rings. The Balaban J connectivity index is 1.50. The van der Waals surface area contributed by atoms with Crippen LogP contribution in [0.15, 0.2) is 12.1 Å². The number of aryl methyl sites for hydroxylation is 2. The van der Waals surface area contributed by atoms with Gasteiger partial charge in [-0.2, -0.15) is 0 Å². The molecule has 0 spiro atoms. The second-order valence-corrected chi connectivity index (χ2v) is 7.96. The summed E-state index contributed by atoms with van der Waals surface area (Å²) < 4.78 is 5.51. The van der Waals surface area contributed by atoms with Crippen LogP contribution in [-0.4, -0.2) is 52.6 Å². The number of rotatable bonds is 4. The average Bonchev–Trinajstić information content (AvgIpc) is 3.14. The summed E-state index contributed by atoms with van der Waals surface area (Å²) in [5.41, 5.74) is 4.08. The second-order valence-electron chi connectivity index (χ2n) is 7.96. The first-order valence-electron chi connectivity index (χ1n) is 10.2. The molecule has 2 heterocycles. The number of hydrogen-bond acceptors (Lipinski definition) is 4. The topological polar surface area (TPSA) is 70.2 Å². The van der Waals surface area contributed by atoms with Gasteiger partial charge in [-0.1, -0.05) is 25.3 Å². The standard InChI is InChI=1S/C21H30N4O2/c1-15-6-7-17-19(16(15)2)24-18(23-17)14-22-20(26)21(8-4-3-5-9-21)25-10-12-27-13-11-25/h6-7H,3-5,8-14H2,1-2H3,(H,22,26)(H,23,24). The number of ether oxygens (including phenoxy) is 1. The molecule has 4 rings (SSSR count). The first kappa shape index (κ1) is 18.4. The molecule has 27 heavy (non-hydrogen) atoms. The van der Waals surface area contributed by atoms with Crippen molar-refractivity contribution in [1.82, 2.24) is 20.2 Å². The van der Waals surface area contributed by atoms with E-state index in [1.165, 1.54) is 17.5 Å². The highest BCUT2D eigenvalue weighted by atomic mass is 16.5. The van der Waals surface area contributed by atoms with E-state index in [9.17, 15) is 4.79 Å². The molecule has 1 amide bonds. The number of benzene rings is 1. The Kier molecular flexibility index (Phi) is 5.19.